The molecule has 2 aliphatic rings. The van der Waals surface area contributed by atoms with Gasteiger partial charge in [0.25, 0.3) is 0 Å². The molecule has 2 heterocycles. The smallest absolute Gasteiger partial charge is 0.0347 e. The number of thioether (sulfide) groups is 1. The van der Waals surface area contributed by atoms with Gasteiger partial charge in [-0.25, -0.2) is 0 Å². The second-order valence-electron chi connectivity index (χ2n) is 3.94. The van der Waals surface area contributed by atoms with Crippen molar-refractivity contribution >= 4 is 11.8 Å². The predicted octanol–water partition coefficient (Wildman–Crippen LogP) is 0.787. The third-order valence-corrected chi connectivity index (χ3v) is 4.30. The van der Waals surface area contributed by atoms with E-state index in [9.17, 15) is 0 Å². The van der Waals surface area contributed by atoms with Crippen LogP contribution < -0.4 is 5.32 Å². The number of nitrogens with one attached hydrogen (secondary N) is 1. The molecule has 0 aromatic rings. The average molecular weight is 186 g/mol. The lowest BCUT2D eigenvalue weighted by Crippen LogP contribution is -2.61. The SMILES string of the molecule is CN1CCNCC12CCSCC2. The van der Waals surface area contributed by atoms with E-state index < -0.39 is 0 Å². The Labute approximate surface area is 79.1 Å². The summed E-state index contributed by atoms with van der Waals surface area (Å²) < 4.78 is 0. The van der Waals surface area contributed by atoms with Gasteiger partial charge in [-0.3, -0.25) is 4.90 Å². The number of rotatable bonds is 0. The van der Waals surface area contributed by atoms with Gasteiger partial charge in [-0.1, -0.05) is 0 Å². The molecule has 3 heteroatoms. The highest BCUT2D eigenvalue weighted by Crippen LogP contribution is 2.32. The van der Waals surface area contributed by atoms with Crippen molar-refractivity contribution in [3.05, 3.63) is 0 Å². The summed E-state index contributed by atoms with van der Waals surface area (Å²) >= 11 is 2.11. The number of hydrogen-bond donors (Lipinski definition) is 1. The van der Waals surface area contributed by atoms with Crippen LogP contribution in [0.4, 0.5) is 0 Å². The highest BCUT2D eigenvalue weighted by atomic mass is 32.2. The van der Waals surface area contributed by atoms with E-state index in [4.69, 9.17) is 0 Å². The second kappa shape index (κ2) is 3.56. The van der Waals surface area contributed by atoms with Crippen molar-refractivity contribution in [2.75, 3.05) is 38.2 Å². The lowest BCUT2D eigenvalue weighted by atomic mass is 9.89. The van der Waals surface area contributed by atoms with Gasteiger partial charge in [0.15, 0.2) is 0 Å². The van der Waals surface area contributed by atoms with E-state index in [1.54, 1.807) is 0 Å². The summed E-state index contributed by atoms with van der Waals surface area (Å²) in [5, 5.41) is 3.52. The molecule has 1 spiro atoms. The Morgan fingerprint density at radius 2 is 2.08 bits per heavy atom. The Kier molecular flexibility index (Phi) is 2.63. The van der Waals surface area contributed by atoms with Crippen LogP contribution in [0.5, 0.6) is 0 Å². The zero-order chi connectivity index (χ0) is 8.44. The maximum Gasteiger partial charge on any atom is 0.0347 e. The third-order valence-electron chi connectivity index (χ3n) is 3.31. The highest BCUT2D eigenvalue weighted by Gasteiger charge is 2.37. The van der Waals surface area contributed by atoms with Crippen molar-refractivity contribution in [1.29, 1.82) is 0 Å². The van der Waals surface area contributed by atoms with Gasteiger partial charge in [0.1, 0.15) is 0 Å². The summed E-state index contributed by atoms with van der Waals surface area (Å²) in [4.78, 5) is 2.57. The maximum atomic E-state index is 3.52. The quantitative estimate of drug-likeness (QED) is 0.602. The van der Waals surface area contributed by atoms with Crippen molar-refractivity contribution in [2.45, 2.75) is 18.4 Å². The van der Waals surface area contributed by atoms with Gasteiger partial charge >= 0.3 is 0 Å². The maximum absolute atomic E-state index is 3.52. The first-order chi connectivity index (χ1) is 5.83. The first-order valence-electron chi connectivity index (χ1n) is 4.83. The molecule has 0 saturated carbocycles. The van der Waals surface area contributed by atoms with Crippen LogP contribution in [0.2, 0.25) is 0 Å². The van der Waals surface area contributed by atoms with Crippen molar-refractivity contribution in [1.82, 2.24) is 10.2 Å². The molecule has 2 nitrogen and oxygen atoms in total. The van der Waals surface area contributed by atoms with Crippen molar-refractivity contribution < 1.29 is 0 Å². The van der Waals surface area contributed by atoms with Gasteiger partial charge in [-0.15, -0.1) is 0 Å². The Bertz CT molecular complexity index is 146. The Morgan fingerprint density at radius 3 is 2.75 bits per heavy atom. The molecular formula is C9H18N2S. The average Bonchev–Trinajstić information content (AvgIpc) is 2.12. The molecule has 0 atom stereocenters. The summed E-state index contributed by atoms with van der Waals surface area (Å²) in [5.41, 5.74) is 0.517. The highest BCUT2D eigenvalue weighted by molar-refractivity contribution is 7.99. The lowest BCUT2D eigenvalue weighted by molar-refractivity contribution is 0.0791. The van der Waals surface area contributed by atoms with E-state index in [0.29, 0.717) is 5.54 Å². The fourth-order valence-corrected chi connectivity index (χ4v) is 3.50. The van der Waals surface area contributed by atoms with E-state index in [0.717, 1.165) is 0 Å². The zero-order valence-corrected chi connectivity index (χ0v) is 8.62. The van der Waals surface area contributed by atoms with Crippen LogP contribution in [0.15, 0.2) is 0 Å². The van der Waals surface area contributed by atoms with Crippen LogP contribution in [0, 0.1) is 0 Å². The molecular weight excluding hydrogens is 168 g/mol. The molecule has 2 aliphatic heterocycles. The number of hydrogen-bond acceptors (Lipinski definition) is 3. The molecule has 70 valence electrons. The van der Waals surface area contributed by atoms with E-state index >= 15 is 0 Å². The molecule has 0 aromatic heterocycles. The largest absolute Gasteiger partial charge is 0.314 e. The van der Waals surface area contributed by atoms with E-state index in [2.05, 4.69) is 29.0 Å². The zero-order valence-electron chi connectivity index (χ0n) is 7.81. The van der Waals surface area contributed by atoms with Crippen molar-refractivity contribution in [3.8, 4) is 0 Å². The molecule has 2 rings (SSSR count). The molecule has 0 radical (unpaired) electrons. The van der Waals surface area contributed by atoms with Crippen LogP contribution >= 0.6 is 11.8 Å². The molecule has 12 heavy (non-hydrogen) atoms. The monoisotopic (exact) mass is 186 g/mol. The lowest BCUT2D eigenvalue weighted by Gasteiger charge is -2.47. The van der Waals surface area contributed by atoms with Gasteiger partial charge < -0.3 is 5.32 Å². The first-order valence-corrected chi connectivity index (χ1v) is 5.99. The van der Waals surface area contributed by atoms with Crippen LogP contribution in [0.3, 0.4) is 0 Å². The van der Waals surface area contributed by atoms with Crippen molar-refractivity contribution in [2.24, 2.45) is 0 Å². The topological polar surface area (TPSA) is 15.3 Å². The van der Waals surface area contributed by atoms with E-state index in [-0.39, 0.29) is 0 Å². The molecule has 0 amide bonds. The molecule has 2 saturated heterocycles. The van der Waals surface area contributed by atoms with Gasteiger partial charge in [0.2, 0.25) is 0 Å². The summed E-state index contributed by atoms with van der Waals surface area (Å²) in [6, 6.07) is 0. The second-order valence-corrected chi connectivity index (χ2v) is 5.16. The minimum absolute atomic E-state index is 0.517. The van der Waals surface area contributed by atoms with Crippen LogP contribution in [-0.4, -0.2) is 48.6 Å². The van der Waals surface area contributed by atoms with E-state index in [1.807, 2.05) is 0 Å². The number of piperazine rings is 1. The minimum Gasteiger partial charge on any atom is -0.314 e. The van der Waals surface area contributed by atoms with Gasteiger partial charge in [-0.05, 0) is 31.4 Å². The Morgan fingerprint density at radius 1 is 1.33 bits per heavy atom. The van der Waals surface area contributed by atoms with Gasteiger partial charge in [0, 0.05) is 25.2 Å². The summed E-state index contributed by atoms with van der Waals surface area (Å²) in [6.07, 6.45) is 2.75. The molecule has 1 N–H and O–H groups in total. The molecule has 2 fully saturated rings. The van der Waals surface area contributed by atoms with Crippen LogP contribution in [0.1, 0.15) is 12.8 Å². The standard InChI is InChI=1S/C9H18N2S/c1-11-5-4-10-8-9(11)2-6-12-7-3-9/h10H,2-8H2,1H3. The molecule has 0 bridgehead atoms. The van der Waals surface area contributed by atoms with Crippen LogP contribution in [-0.2, 0) is 0 Å². The van der Waals surface area contributed by atoms with E-state index in [1.165, 1.54) is 44.0 Å². The van der Waals surface area contributed by atoms with Crippen molar-refractivity contribution in [3.63, 3.8) is 0 Å². The number of nitrogens with zero attached hydrogens (tertiary/aromatic N) is 1. The summed E-state index contributed by atoms with van der Waals surface area (Å²) in [7, 11) is 2.29. The summed E-state index contributed by atoms with van der Waals surface area (Å²) in [6.45, 7) is 3.61. The van der Waals surface area contributed by atoms with Crippen LogP contribution in [0.25, 0.3) is 0 Å². The Hall–Kier alpha value is 0.270. The predicted molar refractivity (Wildman–Crippen MR) is 54.8 cm³/mol. The normalized spacial score (nSPS) is 30.8. The summed E-state index contributed by atoms with van der Waals surface area (Å²) in [5.74, 6) is 2.71. The third kappa shape index (κ3) is 1.50. The first kappa shape index (κ1) is 8.85. The van der Waals surface area contributed by atoms with Gasteiger partial charge in [0.05, 0.1) is 0 Å². The Balaban J connectivity index is 2.04. The fourth-order valence-electron chi connectivity index (χ4n) is 2.25. The molecule has 0 aromatic carbocycles. The molecule has 0 aliphatic carbocycles. The number of likely N-dealkylation sites (N-methyl/N-ethyl adjacent to an activating group) is 1. The van der Waals surface area contributed by atoms with Gasteiger partial charge in [-0.2, -0.15) is 11.8 Å². The molecule has 0 unspecified atom stereocenters. The minimum atomic E-state index is 0.517. The fraction of sp³-hybridized carbons (Fsp3) is 1.00.